The average Bonchev–Trinajstić information content (AvgIpc) is 2.45. The van der Waals surface area contributed by atoms with Crippen LogP contribution in [0, 0.1) is 35.0 Å². The Morgan fingerprint density at radius 2 is 1.52 bits per heavy atom. The Labute approximate surface area is 142 Å². The van der Waals surface area contributed by atoms with Gasteiger partial charge in [-0.15, -0.1) is 0 Å². The van der Waals surface area contributed by atoms with E-state index in [2.05, 4.69) is 53.7 Å². The van der Waals surface area contributed by atoms with Crippen LogP contribution < -0.4 is 0 Å². The lowest BCUT2D eigenvalue weighted by atomic mass is 9.62. The molecule has 1 heterocycles. The van der Waals surface area contributed by atoms with E-state index in [1.165, 1.54) is 24.0 Å². The average molecular weight is 319 g/mol. The van der Waals surface area contributed by atoms with Crippen molar-refractivity contribution in [2.24, 2.45) is 35.0 Å². The number of rotatable bonds is 1. The second-order valence-corrected chi connectivity index (χ2v) is 8.76. The molecule has 0 aromatic rings. The molecule has 0 radical (unpaired) electrons. The molecule has 0 saturated carbocycles. The first-order chi connectivity index (χ1) is 10.8. The van der Waals surface area contributed by atoms with Crippen molar-refractivity contribution < 1.29 is 9.47 Å². The molecule has 0 aromatic heterocycles. The smallest absolute Gasteiger partial charge is 0.161 e. The summed E-state index contributed by atoms with van der Waals surface area (Å²) in [7, 11) is 0. The van der Waals surface area contributed by atoms with E-state index in [9.17, 15) is 0 Å². The molecular formula is C21H34O2. The largest absolute Gasteiger partial charge is 0.352 e. The fourth-order valence-corrected chi connectivity index (χ4v) is 5.44. The summed E-state index contributed by atoms with van der Waals surface area (Å²) in [6, 6.07) is 0. The van der Waals surface area contributed by atoms with Gasteiger partial charge in [0.25, 0.3) is 0 Å². The zero-order valence-corrected chi connectivity index (χ0v) is 15.8. The van der Waals surface area contributed by atoms with Gasteiger partial charge in [-0.3, -0.25) is 0 Å². The van der Waals surface area contributed by atoms with Gasteiger partial charge in [0.2, 0.25) is 0 Å². The molecule has 3 rings (SSSR count). The van der Waals surface area contributed by atoms with Crippen molar-refractivity contribution >= 4 is 0 Å². The highest BCUT2D eigenvalue weighted by molar-refractivity contribution is 5.14. The van der Waals surface area contributed by atoms with Crippen LogP contribution in [0.15, 0.2) is 23.3 Å². The maximum atomic E-state index is 6.38. The molecule has 1 fully saturated rings. The van der Waals surface area contributed by atoms with Gasteiger partial charge >= 0.3 is 0 Å². The van der Waals surface area contributed by atoms with Crippen LogP contribution in [0.2, 0.25) is 0 Å². The molecule has 23 heavy (non-hydrogen) atoms. The summed E-state index contributed by atoms with van der Waals surface area (Å²) in [5.74, 6) is 2.84. The molecule has 1 saturated heterocycles. The van der Waals surface area contributed by atoms with Crippen molar-refractivity contribution in [3.63, 3.8) is 0 Å². The third-order valence-corrected chi connectivity index (χ3v) is 6.85. The predicted molar refractivity (Wildman–Crippen MR) is 95.0 cm³/mol. The predicted octanol–water partition coefficient (Wildman–Crippen LogP) is 5.21. The van der Waals surface area contributed by atoms with E-state index in [1.54, 1.807) is 0 Å². The van der Waals surface area contributed by atoms with Crippen molar-refractivity contribution in [3.8, 4) is 0 Å². The van der Waals surface area contributed by atoms with Crippen LogP contribution in [0.5, 0.6) is 0 Å². The number of hydrogen-bond donors (Lipinski definition) is 0. The fourth-order valence-electron chi connectivity index (χ4n) is 5.44. The van der Waals surface area contributed by atoms with Crippen LogP contribution in [0.3, 0.4) is 0 Å². The van der Waals surface area contributed by atoms with Gasteiger partial charge in [0.05, 0.1) is 13.2 Å². The second kappa shape index (κ2) is 6.37. The van der Waals surface area contributed by atoms with Crippen LogP contribution in [0.25, 0.3) is 0 Å². The van der Waals surface area contributed by atoms with Gasteiger partial charge in [-0.2, -0.15) is 0 Å². The topological polar surface area (TPSA) is 18.5 Å². The molecule has 2 nitrogen and oxygen atoms in total. The molecule has 1 aliphatic heterocycles. The Hall–Kier alpha value is -0.600. The Morgan fingerprint density at radius 3 is 2.09 bits per heavy atom. The monoisotopic (exact) mass is 318 g/mol. The standard InChI is InChI=1S/C21H34O2/c1-13-7-15(3)19(16(4)8-13)20-22-11-21(12-23-20)17(5)9-14(2)10-18(21)6/h7,9,15-20H,8,10-12H2,1-6H3/t15-,16-,17+,18+,19+,20?,21?/m1/s1. The molecule has 0 bridgehead atoms. The van der Waals surface area contributed by atoms with Crippen molar-refractivity contribution in [1.29, 1.82) is 0 Å². The van der Waals surface area contributed by atoms with Crippen LogP contribution in [0.4, 0.5) is 0 Å². The highest BCUT2D eigenvalue weighted by Gasteiger charge is 2.48. The third kappa shape index (κ3) is 3.05. The van der Waals surface area contributed by atoms with E-state index < -0.39 is 0 Å². The Balaban J connectivity index is 1.71. The molecule has 0 unspecified atom stereocenters. The second-order valence-electron chi connectivity index (χ2n) is 8.76. The first-order valence-electron chi connectivity index (χ1n) is 9.41. The van der Waals surface area contributed by atoms with Gasteiger partial charge in [0.1, 0.15) is 0 Å². The maximum absolute atomic E-state index is 6.38. The fraction of sp³-hybridized carbons (Fsp3) is 0.810. The minimum atomic E-state index is -0.0265. The van der Waals surface area contributed by atoms with Crippen LogP contribution in [-0.4, -0.2) is 19.5 Å². The Morgan fingerprint density at radius 1 is 0.913 bits per heavy atom. The number of allylic oxidation sites excluding steroid dienone is 4. The molecule has 2 aliphatic carbocycles. The lowest BCUT2D eigenvalue weighted by Crippen LogP contribution is -2.53. The number of hydrogen-bond acceptors (Lipinski definition) is 2. The van der Waals surface area contributed by atoms with E-state index >= 15 is 0 Å². The summed E-state index contributed by atoms with van der Waals surface area (Å²) in [6.07, 6.45) is 7.18. The van der Waals surface area contributed by atoms with Gasteiger partial charge in [-0.25, -0.2) is 0 Å². The van der Waals surface area contributed by atoms with Crippen LogP contribution in [-0.2, 0) is 9.47 Å². The molecule has 3 aliphatic rings. The molecular weight excluding hydrogens is 284 g/mol. The van der Waals surface area contributed by atoms with Crippen molar-refractivity contribution in [1.82, 2.24) is 0 Å². The van der Waals surface area contributed by atoms with E-state index in [1.807, 2.05) is 0 Å². The first kappa shape index (κ1) is 17.2. The zero-order valence-electron chi connectivity index (χ0n) is 15.8. The van der Waals surface area contributed by atoms with E-state index in [0.29, 0.717) is 29.6 Å². The van der Waals surface area contributed by atoms with E-state index in [-0.39, 0.29) is 11.7 Å². The summed E-state index contributed by atoms with van der Waals surface area (Å²) in [4.78, 5) is 0. The minimum Gasteiger partial charge on any atom is -0.352 e. The van der Waals surface area contributed by atoms with Crippen LogP contribution >= 0.6 is 0 Å². The van der Waals surface area contributed by atoms with Crippen molar-refractivity contribution in [3.05, 3.63) is 23.3 Å². The van der Waals surface area contributed by atoms with E-state index in [0.717, 1.165) is 13.2 Å². The van der Waals surface area contributed by atoms with Gasteiger partial charge in [-0.05, 0) is 50.4 Å². The SMILES string of the molecule is CC1=C[C@@H](C)[C@H](C2OCC3(CO2)[C@@H](C)C=C(C)C[C@@H]3C)[C@H](C)C1. The summed E-state index contributed by atoms with van der Waals surface area (Å²) < 4.78 is 12.8. The molecule has 130 valence electrons. The lowest BCUT2D eigenvalue weighted by Gasteiger charge is -2.51. The summed E-state index contributed by atoms with van der Waals surface area (Å²) >= 11 is 0. The van der Waals surface area contributed by atoms with Crippen LogP contribution in [0.1, 0.15) is 54.4 Å². The van der Waals surface area contributed by atoms with Gasteiger partial charge in [0.15, 0.2) is 6.29 Å². The van der Waals surface area contributed by atoms with Gasteiger partial charge < -0.3 is 9.47 Å². The molecule has 1 spiro atoms. The van der Waals surface area contributed by atoms with Gasteiger partial charge in [-0.1, -0.05) is 51.0 Å². The quantitative estimate of drug-likeness (QED) is 0.618. The van der Waals surface area contributed by atoms with Gasteiger partial charge in [0, 0.05) is 11.3 Å². The molecule has 0 aromatic carbocycles. The van der Waals surface area contributed by atoms with E-state index in [4.69, 9.17) is 9.47 Å². The highest BCUT2D eigenvalue weighted by atomic mass is 16.7. The lowest BCUT2D eigenvalue weighted by molar-refractivity contribution is -0.277. The Bertz CT molecular complexity index is 496. The molecule has 0 N–H and O–H groups in total. The third-order valence-electron chi connectivity index (χ3n) is 6.85. The molecule has 2 heteroatoms. The maximum Gasteiger partial charge on any atom is 0.161 e. The minimum absolute atomic E-state index is 0.0265. The summed E-state index contributed by atoms with van der Waals surface area (Å²) in [5, 5.41) is 0. The normalized spacial score (nSPS) is 48.1. The Kier molecular flexibility index (Phi) is 4.77. The molecule has 5 atom stereocenters. The van der Waals surface area contributed by atoms with Crippen molar-refractivity contribution in [2.75, 3.05) is 13.2 Å². The number of ether oxygens (including phenoxy) is 2. The highest BCUT2D eigenvalue weighted by Crippen LogP contribution is 2.48. The molecule has 0 amide bonds. The first-order valence-corrected chi connectivity index (χ1v) is 9.41. The van der Waals surface area contributed by atoms with Crippen molar-refractivity contribution in [2.45, 2.75) is 60.7 Å². The summed E-state index contributed by atoms with van der Waals surface area (Å²) in [6.45, 7) is 15.6. The zero-order chi connectivity index (χ0) is 16.8. The summed E-state index contributed by atoms with van der Waals surface area (Å²) in [5.41, 5.74) is 3.21.